The minimum Gasteiger partial charge on any atom is -0.348 e. The maximum Gasteiger partial charge on any atom is 0.289 e. The summed E-state index contributed by atoms with van der Waals surface area (Å²) < 4.78 is 0. The molecule has 5 nitrogen and oxygen atoms in total. The first-order chi connectivity index (χ1) is 6.74. The number of aromatic nitrogens is 2. The molecule has 14 heavy (non-hydrogen) atoms. The molecule has 0 radical (unpaired) electrons. The van der Waals surface area contributed by atoms with Gasteiger partial charge in [0.05, 0.1) is 12.5 Å². The average molecular weight is 190 g/mol. The molecule has 1 rings (SSSR count). The summed E-state index contributed by atoms with van der Waals surface area (Å²) in [6, 6.07) is 1.93. The predicted molar refractivity (Wildman–Crippen MR) is 49.3 cm³/mol. The van der Waals surface area contributed by atoms with E-state index in [0.717, 1.165) is 5.56 Å². The molecule has 1 amide bonds. The van der Waals surface area contributed by atoms with E-state index < -0.39 is 0 Å². The van der Waals surface area contributed by atoms with Gasteiger partial charge < -0.3 is 5.32 Å². The van der Waals surface area contributed by atoms with Crippen LogP contribution in [0.15, 0.2) is 12.4 Å². The fourth-order valence-corrected chi connectivity index (χ4v) is 0.821. The minimum atomic E-state index is -0.347. The molecule has 72 valence electrons. The van der Waals surface area contributed by atoms with Crippen molar-refractivity contribution in [3.63, 3.8) is 0 Å². The van der Waals surface area contributed by atoms with Crippen LogP contribution in [0.25, 0.3) is 0 Å². The summed E-state index contributed by atoms with van der Waals surface area (Å²) in [5.74, 6) is -0.214. The van der Waals surface area contributed by atoms with Crippen molar-refractivity contribution in [1.29, 1.82) is 5.26 Å². The Morgan fingerprint density at radius 3 is 2.79 bits per heavy atom. The molecular formula is C9H10N4O. The molecule has 0 unspecified atom stereocenters. The molecule has 0 aliphatic rings. The Hall–Kier alpha value is -1.96. The smallest absolute Gasteiger partial charge is 0.289 e. The van der Waals surface area contributed by atoms with E-state index in [1.807, 2.05) is 13.0 Å². The lowest BCUT2D eigenvalue weighted by Crippen LogP contribution is -2.26. The lowest BCUT2D eigenvalue weighted by atomic mass is 10.4. The van der Waals surface area contributed by atoms with Crippen LogP contribution >= 0.6 is 0 Å². The number of aryl methyl sites for hydroxylation is 1. The van der Waals surface area contributed by atoms with Crippen LogP contribution in [0.3, 0.4) is 0 Å². The molecule has 1 N–H and O–H groups in total. The zero-order valence-corrected chi connectivity index (χ0v) is 7.82. The summed E-state index contributed by atoms with van der Waals surface area (Å²) in [6.45, 7) is 2.17. The summed E-state index contributed by atoms with van der Waals surface area (Å²) in [7, 11) is 0. The maximum absolute atomic E-state index is 11.3. The second-order valence-corrected chi connectivity index (χ2v) is 2.75. The van der Waals surface area contributed by atoms with Gasteiger partial charge in [-0.05, 0) is 12.5 Å². The van der Waals surface area contributed by atoms with Crippen molar-refractivity contribution in [3.05, 3.63) is 23.8 Å². The van der Waals surface area contributed by atoms with Crippen molar-refractivity contribution in [2.45, 2.75) is 13.3 Å². The van der Waals surface area contributed by atoms with Gasteiger partial charge in [-0.25, -0.2) is 9.97 Å². The van der Waals surface area contributed by atoms with E-state index in [1.165, 1.54) is 0 Å². The number of carbonyl (C=O) groups is 1. The Bertz CT molecular complexity index is 352. The number of nitrogens with one attached hydrogen (secondary N) is 1. The molecule has 0 spiro atoms. The quantitative estimate of drug-likeness (QED) is 0.701. The van der Waals surface area contributed by atoms with E-state index in [0.29, 0.717) is 6.54 Å². The third-order valence-electron chi connectivity index (χ3n) is 1.51. The van der Waals surface area contributed by atoms with Crippen LogP contribution in [0, 0.1) is 18.3 Å². The predicted octanol–water partition coefficient (Wildman–Crippen LogP) is 0.429. The van der Waals surface area contributed by atoms with Crippen molar-refractivity contribution < 1.29 is 4.79 Å². The second-order valence-electron chi connectivity index (χ2n) is 2.75. The fourth-order valence-electron chi connectivity index (χ4n) is 0.821. The van der Waals surface area contributed by atoms with E-state index in [4.69, 9.17) is 5.26 Å². The molecule has 1 aromatic rings. The fraction of sp³-hybridized carbons (Fsp3) is 0.333. The highest BCUT2D eigenvalue weighted by Crippen LogP contribution is 1.93. The molecular weight excluding hydrogens is 180 g/mol. The first kappa shape index (κ1) is 10.1. The molecule has 0 saturated heterocycles. The monoisotopic (exact) mass is 190 g/mol. The van der Waals surface area contributed by atoms with Crippen LogP contribution in [0.4, 0.5) is 0 Å². The number of amides is 1. The third-order valence-corrected chi connectivity index (χ3v) is 1.51. The Balaban J connectivity index is 2.53. The highest BCUT2D eigenvalue weighted by atomic mass is 16.2. The Labute approximate surface area is 81.8 Å². The molecule has 1 heterocycles. The molecule has 0 aromatic carbocycles. The van der Waals surface area contributed by atoms with Crippen LogP contribution in [-0.4, -0.2) is 22.4 Å². The largest absolute Gasteiger partial charge is 0.348 e. The zero-order valence-electron chi connectivity index (χ0n) is 7.82. The first-order valence-electron chi connectivity index (χ1n) is 4.18. The van der Waals surface area contributed by atoms with E-state index in [-0.39, 0.29) is 18.2 Å². The topological polar surface area (TPSA) is 78.7 Å². The highest BCUT2D eigenvalue weighted by Gasteiger charge is 2.06. The normalized spacial score (nSPS) is 9.14. The standard InChI is InChI=1S/C9H10N4O/c1-7-5-12-8(13-6-7)9(14)11-4-2-3-10/h5-6H,2,4H2,1H3,(H,11,14). The third kappa shape index (κ3) is 2.83. The van der Waals surface area contributed by atoms with Gasteiger partial charge in [-0.15, -0.1) is 0 Å². The van der Waals surface area contributed by atoms with Crippen LogP contribution in [0.2, 0.25) is 0 Å². The molecule has 1 aromatic heterocycles. The SMILES string of the molecule is Cc1cnc(C(=O)NCCC#N)nc1. The van der Waals surface area contributed by atoms with Crippen LogP contribution in [-0.2, 0) is 0 Å². The highest BCUT2D eigenvalue weighted by molar-refractivity contribution is 5.90. The number of rotatable bonds is 3. The van der Waals surface area contributed by atoms with Gasteiger partial charge in [-0.3, -0.25) is 4.79 Å². The Morgan fingerprint density at radius 2 is 2.21 bits per heavy atom. The van der Waals surface area contributed by atoms with Gasteiger partial charge in [0.25, 0.3) is 5.91 Å². The molecule has 5 heteroatoms. The van der Waals surface area contributed by atoms with Crippen molar-refractivity contribution >= 4 is 5.91 Å². The molecule has 0 fully saturated rings. The van der Waals surface area contributed by atoms with E-state index >= 15 is 0 Å². The summed E-state index contributed by atoms with van der Waals surface area (Å²) in [5, 5.41) is 10.8. The Kier molecular flexibility index (Phi) is 3.56. The average Bonchev–Trinajstić information content (AvgIpc) is 2.19. The lowest BCUT2D eigenvalue weighted by Gasteiger charge is -2.00. The van der Waals surface area contributed by atoms with Gasteiger partial charge in [0.15, 0.2) is 0 Å². The summed E-state index contributed by atoms with van der Waals surface area (Å²) in [6.07, 6.45) is 3.44. The van der Waals surface area contributed by atoms with E-state index in [1.54, 1.807) is 12.4 Å². The number of nitriles is 1. The van der Waals surface area contributed by atoms with Gasteiger partial charge in [0, 0.05) is 18.9 Å². The summed E-state index contributed by atoms with van der Waals surface area (Å²) >= 11 is 0. The van der Waals surface area contributed by atoms with Gasteiger partial charge >= 0.3 is 0 Å². The number of nitrogens with zero attached hydrogens (tertiary/aromatic N) is 3. The molecule has 0 bridgehead atoms. The lowest BCUT2D eigenvalue weighted by molar-refractivity contribution is 0.0944. The maximum atomic E-state index is 11.3. The van der Waals surface area contributed by atoms with Crippen LogP contribution in [0.1, 0.15) is 22.6 Å². The Morgan fingerprint density at radius 1 is 1.57 bits per heavy atom. The number of hydrogen-bond donors (Lipinski definition) is 1. The second kappa shape index (κ2) is 4.92. The van der Waals surface area contributed by atoms with E-state index in [2.05, 4.69) is 15.3 Å². The van der Waals surface area contributed by atoms with Crippen molar-refractivity contribution in [2.75, 3.05) is 6.54 Å². The molecule has 0 aliphatic carbocycles. The summed E-state index contributed by atoms with van der Waals surface area (Å²) in [4.78, 5) is 19.0. The number of hydrogen-bond acceptors (Lipinski definition) is 4. The molecule has 0 aliphatic heterocycles. The number of carbonyl (C=O) groups excluding carboxylic acids is 1. The van der Waals surface area contributed by atoms with Crippen molar-refractivity contribution in [1.82, 2.24) is 15.3 Å². The van der Waals surface area contributed by atoms with Gasteiger partial charge in [0.1, 0.15) is 0 Å². The molecule has 0 atom stereocenters. The van der Waals surface area contributed by atoms with Crippen LogP contribution in [0.5, 0.6) is 0 Å². The van der Waals surface area contributed by atoms with Crippen molar-refractivity contribution in [3.8, 4) is 6.07 Å². The first-order valence-corrected chi connectivity index (χ1v) is 4.18. The van der Waals surface area contributed by atoms with Gasteiger partial charge in [-0.1, -0.05) is 0 Å². The molecule has 0 saturated carbocycles. The van der Waals surface area contributed by atoms with Gasteiger partial charge in [-0.2, -0.15) is 5.26 Å². The van der Waals surface area contributed by atoms with Crippen LogP contribution < -0.4 is 5.32 Å². The van der Waals surface area contributed by atoms with Crippen molar-refractivity contribution in [2.24, 2.45) is 0 Å². The minimum absolute atomic E-state index is 0.133. The van der Waals surface area contributed by atoms with E-state index in [9.17, 15) is 4.79 Å². The summed E-state index contributed by atoms with van der Waals surface area (Å²) in [5.41, 5.74) is 0.901. The van der Waals surface area contributed by atoms with Gasteiger partial charge in [0.2, 0.25) is 5.82 Å². The zero-order chi connectivity index (χ0) is 10.4.